The summed E-state index contributed by atoms with van der Waals surface area (Å²) in [6.45, 7) is 3.94. The minimum Gasteiger partial charge on any atom is -0.504 e. The predicted octanol–water partition coefficient (Wildman–Crippen LogP) is 12.0. The van der Waals surface area contributed by atoms with E-state index in [-0.39, 0.29) is 17.2 Å². The fraction of sp³-hybridized carbons (Fsp3) is 0.750. The Balaban J connectivity index is 1.87. The van der Waals surface area contributed by atoms with Crippen molar-refractivity contribution in [1.82, 2.24) is 0 Å². The molecule has 0 unspecified atom stereocenters. The Morgan fingerprint density at radius 3 is 1.37 bits per heavy atom. The van der Waals surface area contributed by atoms with Crippen molar-refractivity contribution < 1.29 is 28.9 Å². The van der Waals surface area contributed by atoms with Gasteiger partial charge in [-0.05, 0) is 24.6 Å². The molecule has 6 nitrogen and oxygen atoms in total. The maximum absolute atomic E-state index is 12.1. The first-order valence-corrected chi connectivity index (χ1v) is 18.9. The van der Waals surface area contributed by atoms with Crippen molar-refractivity contribution in [2.24, 2.45) is 0 Å². The third-order valence-corrected chi connectivity index (χ3v) is 8.71. The Hall–Kier alpha value is -2.50. The molecule has 0 fully saturated rings. The first kappa shape index (κ1) is 41.5. The van der Waals surface area contributed by atoms with Gasteiger partial charge in [-0.25, -0.2) is 4.79 Å². The largest absolute Gasteiger partial charge is 0.504 e. The normalized spacial score (nSPS) is 11.3. The zero-order valence-corrected chi connectivity index (χ0v) is 29.9. The second-order valence-corrected chi connectivity index (χ2v) is 13.0. The highest BCUT2D eigenvalue weighted by atomic mass is 16.6. The number of ether oxygens (including phenoxy) is 3. The van der Waals surface area contributed by atoms with Crippen LogP contribution in [0, 0.1) is 0 Å². The molecule has 1 aromatic carbocycles. The summed E-state index contributed by atoms with van der Waals surface area (Å²) >= 11 is 0. The molecule has 1 rings (SSSR count). The number of esters is 2. The van der Waals surface area contributed by atoms with Crippen LogP contribution in [-0.4, -0.2) is 30.8 Å². The van der Waals surface area contributed by atoms with Gasteiger partial charge in [0.05, 0.1) is 13.7 Å². The molecule has 0 aliphatic heterocycles. The summed E-state index contributed by atoms with van der Waals surface area (Å²) in [6.07, 6.45) is 38.3. The first-order chi connectivity index (χ1) is 22.5. The topological polar surface area (TPSA) is 82.1 Å². The number of benzene rings is 1. The molecular formula is C40H68O6. The summed E-state index contributed by atoms with van der Waals surface area (Å²) in [5.41, 5.74) is 0.432. The number of phenolic OH excluding ortho intramolecular Hbond substituents is 1. The molecular weight excluding hydrogens is 576 g/mol. The van der Waals surface area contributed by atoms with Crippen molar-refractivity contribution in [2.45, 2.75) is 181 Å². The van der Waals surface area contributed by atoms with E-state index >= 15 is 0 Å². The zero-order valence-electron chi connectivity index (χ0n) is 29.9. The van der Waals surface area contributed by atoms with E-state index in [0.29, 0.717) is 12.2 Å². The Morgan fingerprint density at radius 2 is 1.00 bits per heavy atom. The minimum atomic E-state index is -0.554. The number of rotatable bonds is 31. The van der Waals surface area contributed by atoms with Gasteiger partial charge in [-0.2, -0.15) is 0 Å². The summed E-state index contributed by atoms with van der Waals surface area (Å²) in [7, 11) is 1.37. The SMILES string of the molecule is CCCCCCCCCCCCCCCCCCCCCCCCCCCCOC(=O)C=Cc1ccc(O)c(OC)c1OC(C)=O. The van der Waals surface area contributed by atoms with Crippen LogP contribution >= 0.6 is 0 Å². The van der Waals surface area contributed by atoms with E-state index in [1.807, 2.05) is 0 Å². The van der Waals surface area contributed by atoms with E-state index in [2.05, 4.69) is 6.92 Å². The van der Waals surface area contributed by atoms with Crippen LogP contribution in [0.4, 0.5) is 0 Å². The molecule has 0 heterocycles. The first-order valence-electron chi connectivity index (χ1n) is 18.9. The second kappa shape index (κ2) is 29.9. The van der Waals surface area contributed by atoms with Gasteiger partial charge in [0.15, 0.2) is 11.5 Å². The molecule has 0 bridgehead atoms. The predicted molar refractivity (Wildman–Crippen MR) is 192 cm³/mol. The van der Waals surface area contributed by atoms with Crippen LogP contribution in [0.15, 0.2) is 18.2 Å². The van der Waals surface area contributed by atoms with Crippen molar-refractivity contribution in [3.63, 3.8) is 0 Å². The Kier molecular flexibility index (Phi) is 27.0. The van der Waals surface area contributed by atoms with Crippen LogP contribution in [0.25, 0.3) is 6.08 Å². The summed E-state index contributed by atoms with van der Waals surface area (Å²) in [6, 6.07) is 2.96. The molecule has 0 spiro atoms. The molecule has 0 aromatic heterocycles. The highest BCUT2D eigenvalue weighted by Crippen LogP contribution is 2.40. The quantitative estimate of drug-likeness (QED) is 0.0375. The molecule has 1 aromatic rings. The van der Waals surface area contributed by atoms with Gasteiger partial charge in [-0.3, -0.25) is 4.79 Å². The second-order valence-electron chi connectivity index (χ2n) is 13.0. The minimum absolute atomic E-state index is 0.0382. The smallest absolute Gasteiger partial charge is 0.330 e. The monoisotopic (exact) mass is 645 g/mol. The molecule has 0 saturated carbocycles. The van der Waals surface area contributed by atoms with E-state index in [9.17, 15) is 14.7 Å². The molecule has 0 saturated heterocycles. The number of carbonyl (C=O) groups is 2. The van der Waals surface area contributed by atoms with Crippen LogP contribution in [-0.2, 0) is 14.3 Å². The van der Waals surface area contributed by atoms with Crippen molar-refractivity contribution in [3.8, 4) is 17.2 Å². The van der Waals surface area contributed by atoms with Crippen LogP contribution in [0.2, 0.25) is 0 Å². The molecule has 0 atom stereocenters. The fourth-order valence-corrected chi connectivity index (χ4v) is 5.94. The Bertz CT molecular complexity index is 925. The van der Waals surface area contributed by atoms with E-state index in [0.717, 1.165) is 12.8 Å². The number of hydrogen-bond donors (Lipinski definition) is 1. The van der Waals surface area contributed by atoms with Gasteiger partial charge < -0.3 is 19.3 Å². The summed E-state index contributed by atoms with van der Waals surface area (Å²) in [5, 5.41) is 9.93. The van der Waals surface area contributed by atoms with E-state index in [1.165, 1.54) is 186 Å². The lowest BCUT2D eigenvalue weighted by Crippen LogP contribution is -2.05. The summed E-state index contributed by atoms with van der Waals surface area (Å²) in [5.74, 6) is -1.06. The van der Waals surface area contributed by atoms with Crippen LogP contribution in [0.3, 0.4) is 0 Å². The number of carbonyl (C=O) groups excluding carboxylic acids is 2. The zero-order chi connectivity index (χ0) is 33.5. The van der Waals surface area contributed by atoms with Gasteiger partial charge >= 0.3 is 11.9 Å². The average Bonchev–Trinajstić information content (AvgIpc) is 3.04. The van der Waals surface area contributed by atoms with Crippen LogP contribution in [0.5, 0.6) is 17.2 Å². The molecule has 0 amide bonds. The average molecular weight is 645 g/mol. The maximum atomic E-state index is 12.1. The van der Waals surface area contributed by atoms with Crippen molar-refractivity contribution in [3.05, 3.63) is 23.8 Å². The number of methoxy groups -OCH3 is 1. The molecule has 0 aliphatic carbocycles. The van der Waals surface area contributed by atoms with Gasteiger partial charge in [0.25, 0.3) is 0 Å². The van der Waals surface area contributed by atoms with Gasteiger partial charge in [0.2, 0.25) is 5.75 Å². The third kappa shape index (κ3) is 22.9. The fourth-order valence-electron chi connectivity index (χ4n) is 5.94. The maximum Gasteiger partial charge on any atom is 0.330 e. The number of phenols is 1. The van der Waals surface area contributed by atoms with E-state index < -0.39 is 11.9 Å². The van der Waals surface area contributed by atoms with Crippen LogP contribution < -0.4 is 9.47 Å². The lowest BCUT2D eigenvalue weighted by molar-refractivity contribution is -0.137. The third-order valence-electron chi connectivity index (χ3n) is 8.71. The van der Waals surface area contributed by atoms with Crippen LogP contribution in [0.1, 0.15) is 186 Å². The molecule has 6 heteroatoms. The molecule has 264 valence electrons. The molecule has 0 radical (unpaired) electrons. The number of unbranched alkanes of at least 4 members (excludes halogenated alkanes) is 25. The standard InChI is InChI=1S/C40H68O6/c1-4-5-6-7-8-9-10-11-12-13-14-15-16-17-18-19-20-21-22-23-24-25-26-27-28-29-34-45-38(43)33-31-36-30-32-37(42)40(44-3)39(36)46-35(2)41/h30-33,42H,4-29,34H2,1-3H3. The number of hydrogen-bond acceptors (Lipinski definition) is 6. The Morgan fingerprint density at radius 1 is 0.609 bits per heavy atom. The molecule has 46 heavy (non-hydrogen) atoms. The lowest BCUT2D eigenvalue weighted by atomic mass is 10.0. The number of aromatic hydroxyl groups is 1. The Labute approximate surface area is 282 Å². The molecule has 1 N–H and O–H groups in total. The van der Waals surface area contributed by atoms with Crippen molar-refractivity contribution >= 4 is 18.0 Å². The summed E-state index contributed by atoms with van der Waals surface area (Å²) < 4.78 is 15.6. The highest BCUT2D eigenvalue weighted by Gasteiger charge is 2.16. The van der Waals surface area contributed by atoms with Gasteiger partial charge in [-0.1, -0.05) is 167 Å². The van der Waals surface area contributed by atoms with E-state index in [4.69, 9.17) is 14.2 Å². The van der Waals surface area contributed by atoms with Crippen molar-refractivity contribution in [2.75, 3.05) is 13.7 Å². The van der Waals surface area contributed by atoms with E-state index in [1.54, 1.807) is 6.07 Å². The van der Waals surface area contributed by atoms with Gasteiger partial charge in [-0.15, -0.1) is 0 Å². The lowest BCUT2D eigenvalue weighted by Gasteiger charge is -2.12. The summed E-state index contributed by atoms with van der Waals surface area (Å²) in [4.78, 5) is 23.6. The highest BCUT2D eigenvalue weighted by molar-refractivity contribution is 5.88. The van der Waals surface area contributed by atoms with Gasteiger partial charge in [0, 0.05) is 18.6 Å². The molecule has 0 aliphatic rings. The van der Waals surface area contributed by atoms with Gasteiger partial charge in [0.1, 0.15) is 0 Å². The van der Waals surface area contributed by atoms with Crippen molar-refractivity contribution in [1.29, 1.82) is 0 Å².